The lowest BCUT2D eigenvalue weighted by Gasteiger charge is -2.24. The molecule has 1 aromatic carbocycles. The van der Waals surface area contributed by atoms with Crippen LogP contribution in [0.5, 0.6) is 11.5 Å². The van der Waals surface area contributed by atoms with Crippen molar-refractivity contribution in [3.63, 3.8) is 0 Å². The van der Waals surface area contributed by atoms with Crippen LogP contribution >= 0.6 is 0 Å². The number of rotatable bonds is 7. The second-order valence-electron chi connectivity index (χ2n) is 10.7. The largest absolute Gasteiger partial charge is 0.457 e. The molecule has 12 heteroatoms. The van der Waals surface area contributed by atoms with Crippen LogP contribution in [0, 0.1) is 6.92 Å². The number of likely N-dealkylation sites (tertiary alicyclic amines) is 1. The van der Waals surface area contributed by atoms with Crippen molar-refractivity contribution in [1.29, 1.82) is 0 Å². The fraction of sp³-hybridized carbons (Fsp3) is 0.310. The van der Waals surface area contributed by atoms with Crippen LogP contribution in [0.1, 0.15) is 32.8 Å². The number of benzene rings is 1. The number of aliphatic imine (C=N–C) groups is 1. The first-order valence-electron chi connectivity index (χ1n) is 13.3. The van der Waals surface area contributed by atoms with Gasteiger partial charge in [0.15, 0.2) is 11.6 Å². The lowest BCUT2D eigenvalue weighted by Crippen LogP contribution is -2.36. The van der Waals surface area contributed by atoms with Crippen LogP contribution < -0.4 is 21.1 Å². The standard InChI is InChI=1S/C29H33N9O3/c1-18-13-19(5-7-23(18)40-21-9-11-31-25(14-21)32-16-30)36-27-26-22(33-17-34-27)6-8-24(37-26)35-20-10-12-38(15-20)28(39)41-29(2,3)4/h5-9,11,13-14,16-17,20H,10,12,15H2,1-4H3,(H,35,37)(H2,30,31,32)(H,33,34,36). The number of aryl methyl sites for hydroxylation is 1. The van der Waals surface area contributed by atoms with Crippen LogP contribution in [-0.4, -0.2) is 62.0 Å². The summed E-state index contributed by atoms with van der Waals surface area (Å²) in [5.74, 6) is 3.02. The van der Waals surface area contributed by atoms with E-state index in [4.69, 9.17) is 20.2 Å². The number of hydrogen-bond acceptors (Lipinski definition) is 10. The topological polar surface area (TPSA) is 153 Å². The van der Waals surface area contributed by atoms with Gasteiger partial charge in [0.25, 0.3) is 0 Å². The number of ether oxygens (including phenoxy) is 2. The van der Waals surface area contributed by atoms with E-state index in [-0.39, 0.29) is 12.1 Å². The molecule has 1 unspecified atom stereocenters. The highest BCUT2D eigenvalue weighted by Gasteiger charge is 2.30. The summed E-state index contributed by atoms with van der Waals surface area (Å²) in [6, 6.07) is 13.1. The monoisotopic (exact) mass is 555 g/mol. The minimum Gasteiger partial charge on any atom is -0.457 e. The second-order valence-corrected chi connectivity index (χ2v) is 10.7. The van der Waals surface area contributed by atoms with Crippen molar-refractivity contribution in [3.05, 3.63) is 60.6 Å². The molecule has 1 atom stereocenters. The summed E-state index contributed by atoms with van der Waals surface area (Å²) < 4.78 is 11.5. The zero-order valence-electron chi connectivity index (χ0n) is 23.5. The van der Waals surface area contributed by atoms with Crippen molar-refractivity contribution in [2.24, 2.45) is 10.7 Å². The highest BCUT2D eigenvalue weighted by atomic mass is 16.6. The summed E-state index contributed by atoms with van der Waals surface area (Å²) in [6.45, 7) is 8.72. The Balaban J connectivity index is 1.28. The number of pyridine rings is 2. The second kappa shape index (κ2) is 11.6. The molecule has 1 fully saturated rings. The number of nitrogens with zero attached hydrogens (tertiary/aromatic N) is 6. The smallest absolute Gasteiger partial charge is 0.410 e. The van der Waals surface area contributed by atoms with E-state index < -0.39 is 5.60 Å². The van der Waals surface area contributed by atoms with E-state index in [2.05, 4.69) is 30.6 Å². The van der Waals surface area contributed by atoms with E-state index in [1.807, 2.05) is 58.0 Å². The Hall–Kier alpha value is -5.00. The number of aromatic nitrogens is 4. The minimum absolute atomic E-state index is 0.0577. The number of nitrogens with one attached hydrogen (secondary N) is 2. The number of carbonyl (C=O) groups is 1. The zero-order valence-corrected chi connectivity index (χ0v) is 23.5. The van der Waals surface area contributed by atoms with Gasteiger partial charge < -0.3 is 30.7 Å². The lowest BCUT2D eigenvalue weighted by atomic mass is 10.2. The summed E-state index contributed by atoms with van der Waals surface area (Å²) in [5, 5.41) is 6.80. The van der Waals surface area contributed by atoms with Gasteiger partial charge in [-0.3, -0.25) is 0 Å². The van der Waals surface area contributed by atoms with E-state index in [0.717, 1.165) is 17.7 Å². The maximum atomic E-state index is 12.4. The SMILES string of the molecule is Cc1cc(Nc2ncnc3ccc(NC4CCN(C(=O)OC(C)(C)C)C4)nc23)ccc1Oc1ccnc(N=CN)c1. The van der Waals surface area contributed by atoms with Gasteiger partial charge in [-0.1, -0.05) is 0 Å². The van der Waals surface area contributed by atoms with Crippen molar-refractivity contribution >= 4 is 46.6 Å². The van der Waals surface area contributed by atoms with Crippen LogP contribution in [0.25, 0.3) is 11.0 Å². The normalized spacial score (nSPS) is 15.3. The Morgan fingerprint density at radius 2 is 2.00 bits per heavy atom. The summed E-state index contributed by atoms with van der Waals surface area (Å²) >= 11 is 0. The molecule has 5 rings (SSSR count). The van der Waals surface area contributed by atoms with Gasteiger partial charge in [-0.25, -0.2) is 29.7 Å². The summed E-state index contributed by atoms with van der Waals surface area (Å²) in [4.78, 5) is 35.9. The Morgan fingerprint density at radius 3 is 2.78 bits per heavy atom. The van der Waals surface area contributed by atoms with E-state index >= 15 is 0 Å². The van der Waals surface area contributed by atoms with Crippen LogP contribution in [0.3, 0.4) is 0 Å². The summed E-state index contributed by atoms with van der Waals surface area (Å²) in [6.07, 6.45) is 4.81. The van der Waals surface area contributed by atoms with Gasteiger partial charge in [-0.05, 0) is 76.1 Å². The Morgan fingerprint density at radius 1 is 1.15 bits per heavy atom. The highest BCUT2D eigenvalue weighted by Crippen LogP contribution is 2.31. The third-order valence-electron chi connectivity index (χ3n) is 6.26. The first-order chi connectivity index (χ1) is 19.7. The van der Waals surface area contributed by atoms with Crippen molar-refractivity contribution in [1.82, 2.24) is 24.8 Å². The molecule has 212 valence electrons. The fourth-order valence-corrected chi connectivity index (χ4v) is 4.41. The average Bonchev–Trinajstić information content (AvgIpc) is 3.39. The molecule has 4 N–H and O–H groups in total. The van der Waals surface area contributed by atoms with Crippen LogP contribution in [0.4, 0.5) is 27.9 Å². The molecule has 4 heterocycles. The van der Waals surface area contributed by atoms with Gasteiger partial charge in [-0.15, -0.1) is 0 Å². The maximum absolute atomic E-state index is 12.4. The quantitative estimate of drug-likeness (QED) is 0.202. The molecule has 1 aliphatic heterocycles. The third kappa shape index (κ3) is 6.96. The predicted octanol–water partition coefficient (Wildman–Crippen LogP) is 5.30. The fourth-order valence-electron chi connectivity index (χ4n) is 4.41. The zero-order chi connectivity index (χ0) is 29.0. The number of hydrogen-bond donors (Lipinski definition) is 3. The Kier molecular flexibility index (Phi) is 7.81. The Labute approximate surface area is 238 Å². The molecular formula is C29H33N9O3. The molecule has 0 bridgehead atoms. The Bertz CT molecular complexity index is 1590. The predicted molar refractivity (Wildman–Crippen MR) is 158 cm³/mol. The van der Waals surface area contributed by atoms with E-state index in [1.165, 1.54) is 12.7 Å². The molecule has 1 saturated heterocycles. The van der Waals surface area contributed by atoms with Crippen LogP contribution in [-0.2, 0) is 4.74 Å². The molecule has 0 aliphatic carbocycles. The summed E-state index contributed by atoms with van der Waals surface area (Å²) in [5.41, 5.74) is 7.91. The molecule has 41 heavy (non-hydrogen) atoms. The van der Waals surface area contributed by atoms with Crippen molar-refractivity contribution in [3.8, 4) is 11.5 Å². The maximum Gasteiger partial charge on any atom is 0.410 e. The summed E-state index contributed by atoms with van der Waals surface area (Å²) in [7, 11) is 0. The third-order valence-corrected chi connectivity index (χ3v) is 6.26. The molecule has 1 amide bonds. The van der Waals surface area contributed by atoms with E-state index in [0.29, 0.717) is 53.1 Å². The number of nitrogens with two attached hydrogens (primary N) is 1. The van der Waals surface area contributed by atoms with E-state index in [9.17, 15) is 4.79 Å². The van der Waals surface area contributed by atoms with Crippen molar-refractivity contribution in [2.45, 2.75) is 45.8 Å². The minimum atomic E-state index is -0.526. The highest BCUT2D eigenvalue weighted by molar-refractivity contribution is 5.88. The van der Waals surface area contributed by atoms with Gasteiger partial charge in [-0.2, -0.15) is 0 Å². The molecule has 12 nitrogen and oxygen atoms in total. The van der Waals surface area contributed by atoms with E-state index in [1.54, 1.807) is 23.2 Å². The van der Waals surface area contributed by atoms with Crippen LogP contribution in [0.2, 0.25) is 0 Å². The average molecular weight is 556 g/mol. The molecular weight excluding hydrogens is 522 g/mol. The number of amides is 1. The molecule has 0 radical (unpaired) electrons. The molecule has 3 aromatic heterocycles. The first kappa shape index (κ1) is 27.6. The van der Waals surface area contributed by atoms with Gasteiger partial charge in [0, 0.05) is 37.1 Å². The molecule has 0 saturated carbocycles. The number of carbonyl (C=O) groups excluding carboxylic acids is 1. The first-order valence-corrected chi connectivity index (χ1v) is 13.3. The molecule has 0 spiro atoms. The molecule has 1 aliphatic rings. The van der Waals surface area contributed by atoms with Gasteiger partial charge in [0.1, 0.15) is 34.8 Å². The van der Waals surface area contributed by atoms with Gasteiger partial charge in [0.05, 0.1) is 11.9 Å². The number of anilines is 3. The van der Waals surface area contributed by atoms with Gasteiger partial charge in [0.2, 0.25) is 0 Å². The van der Waals surface area contributed by atoms with Gasteiger partial charge >= 0.3 is 6.09 Å². The van der Waals surface area contributed by atoms with Crippen LogP contribution in [0.15, 0.2) is 60.0 Å². The molecule has 4 aromatic rings. The lowest BCUT2D eigenvalue weighted by molar-refractivity contribution is 0.0293. The van der Waals surface area contributed by atoms with Crippen molar-refractivity contribution < 1.29 is 14.3 Å². The van der Waals surface area contributed by atoms with Crippen molar-refractivity contribution in [2.75, 3.05) is 23.7 Å². The number of fused-ring (bicyclic) bond motifs is 1.